The van der Waals surface area contributed by atoms with E-state index in [0.717, 1.165) is 13.1 Å². The molecule has 0 spiro atoms. The predicted octanol–water partition coefficient (Wildman–Crippen LogP) is 2.66. The molecule has 0 unspecified atom stereocenters. The first kappa shape index (κ1) is 12.1. The van der Waals surface area contributed by atoms with Crippen LogP contribution in [0.5, 0.6) is 0 Å². The molecule has 0 radical (unpaired) electrons. The highest BCUT2D eigenvalue weighted by Gasteiger charge is 2.06. The van der Waals surface area contributed by atoms with E-state index in [1.165, 1.54) is 15.6 Å². The molecule has 0 saturated heterocycles. The second-order valence-electron chi connectivity index (χ2n) is 4.27. The van der Waals surface area contributed by atoms with Gasteiger partial charge in [-0.2, -0.15) is 0 Å². The van der Waals surface area contributed by atoms with Crippen molar-refractivity contribution in [2.75, 3.05) is 13.6 Å². The number of benzene rings is 1. The molecule has 1 heterocycles. The minimum atomic E-state index is 0.257. The van der Waals surface area contributed by atoms with E-state index in [1.54, 1.807) is 11.3 Å². The number of nitrogens with one attached hydrogen (secondary N) is 1. The zero-order chi connectivity index (χ0) is 12.3. The van der Waals surface area contributed by atoms with Gasteiger partial charge in [-0.3, -0.25) is 5.41 Å². The Balaban J connectivity index is 2.05. The van der Waals surface area contributed by atoms with E-state index in [-0.39, 0.29) is 5.84 Å². The maximum atomic E-state index is 7.22. The van der Waals surface area contributed by atoms with Crippen molar-refractivity contribution in [2.45, 2.75) is 13.0 Å². The van der Waals surface area contributed by atoms with Crippen LogP contribution in [-0.4, -0.2) is 24.3 Å². The molecule has 2 rings (SSSR count). The van der Waals surface area contributed by atoms with E-state index in [9.17, 15) is 0 Å². The van der Waals surface area contributed by atoms with Gasteiger partial charge in [-0.05, 0) is 29.4 Å². The maximum absolute atomic E-state index is 7.22. The predicted molar refractivity (Wildman–Crippen MR) is 74.7 cm³/mol. The van der Waals surface area contributed by atoms with Crippen LogP contribution in [0.25, 0.3) is 10.1 Å². The zero-order valence-corrected chi connectivity index (χ0v) is 10.8. The van der Waals surface area contributed by atoms with Crippen LogP contribution in [0.3, 0.4) is 0 Å². The highest BCUT2D eigenvalue weighted by atomic mass is 32.1. The van der Waals surface area contributed by atoms with E-state index < -0.39 is 0 Å². The Morgan fingerprint density at radius 3 is 2.94 bits per heavy atom. The molecule has 0 aliphatic heterocycles. The number of hydrogen-bond acceptors (Lipinski definition) is 3. The smallest absolute Gasteiger partial charge is 0.0918 e. The molecule has 1 aromatic carbocycles. The molecule has 4 heteroatoms. The van der Waals surface area contributed by atoms with Crippen molar-refractivity contribution in [3.63, 3.8) is 0 Å². The summed E-state index contributed by atoms with van der Waals surface area (Å²) in [6, 6.07) is 8.47. The maximum Gasteiger partial charge on any atom is 0.0918 e. The van der Waals surface area contributed by atoms with Crippen molar-refractivity contribution in [1.29, 1.82) is 5.41 Å². The van der Waals surface area contributed by atoms with E-state index in [2.05, 4.69) is 41.6 Å². The Bertz CT molecular complexity index is 518. The van der Waals surface area contributed by atoms with E-state index >= 15 is 0 Å². The van der Waals surface area contributed by atoms with Gasteiger partial charge in [0.05, 0.1) is 5.84 Å². The van der Waals surface area contributed by atoms with Crippen molar-refractivity contribution < 1.29 is 0 Å². The van der Waals surface area contributed by atoms with Crippen LogP contribution in [0.1, 0.15) is 12.0 Å². The molecule has 3 nitrogen and oxygen atoms in total. The molecule has 3 N–H and O–H groups in total. The van der Waals surface area contributed by atoms with Crippen LogP contribution in [0.15, 0.2) is 29.6 Å². The Morgan fingerprint density at radius 2 is 2.18 bits per heavy atom. The second-order valence-corrected chi connectivity index (χ2v) is 5.18. The summed E-state index contributed by atoms with van der Waals surface area (Å²) in [6.07, 6.45) is 0.637. The molecule has 0 fully saturated rings. The molecular weight excluding hydrogens is 230 g/mol. The summed E-state index contributed by atoms with van der Waals surface area (Å²) in [4.78, 5) is 2.20. The average molecular weight is 247 g/mol. The third-order valence-electron chi connectivity index (χ3n) is 2.76. The molecule has 1 aromatic heterocycles. The van der Waals surface area contributed by atoms with Crippen LogP contribution in [-0.2, 0) is 6.54 Å². The number of rotatable bonds is 5. The van der Waals surface area contributed by atoms with Crippen LogP contribution in [0, 0.1) is 5.41 Å². The molecule has 17 heavy (non-hydrogen) atoms. The lowest BCUT2D eigenvalue weighted by molar-refractivity contribution is 0.338. The standard InChI is InChI=1S/C13H17N3S/c1-16(7-6-13(14)15)8-10-9-17-12-5-3-2-4-11(10)12/h2-5,9H,6-8H2,1H3,(H3,14,15). The quantitative estimate of drug-likeness (QED) is 0.630. The van der Waals surface area contributed by atoms with Gasteiger partial charge in [0.2, 0.25) is 0 Å². The van der Waals surface area contributed by atoms with Gasteiger partial charge in [0.25, 0.3) is 0 Å². The summed E-state index contributed by atoms with van der Waals surface area (Å²) < 4.78 is 1.34. The molecule has 0 atom stereocenters. The van der Waals surface area contributed by atoms with Crippen LogP contribution >= 0.6 is 11.3 Å². The first-order valence-electron chi connectivity index (χ1n) is 5.63. The third kappa shape index (κ3) is 3.05. The SMILES string of the molecule is CN(CCC(=N)N)Cc1csc2ccccc12. The Kier molecular flexibility index (Phi) is 3.76. The van der Waals surface area contributed by atoms with Gasteiger partial charge in [0.1, 0.15) is 0 Å². The molecule has 0 saturated carbocycles. The van der Waals surface area contributed by atoms with E-state index in [0.29, 0.717) is 6.42 Å². The monoisotopic (exact) mass is 247 g/mol. The molecule has 0 aliphatic rings. The van der Waals surface area contributed by atoms with Gasteiger partial charge in [-0.1, -0.05) is 18.2 Å². The van der Waals surface area contributed by atoms with Gasteiger partial charge in [-0.15, -0.1) is 11.3 Å². The lowest BCUT2D eigenvalue weighted by atomic mass is 10.1. The third-order valence-corrected chi connectivity index (χ3v) is 3.78. The highest BCUT2D eigenvalue weighted by Crippen LogP contribution is 2.26. The normalized spacial score (nSPS) is 11.2. The van der Waals surface area contributed by atoms with Gasteiger partial charge in [0, 0.05) is 24.2 Å². The summed E-state index contributed by atoms with van der Waals surface area (Å²) in [5.41, 5.74) is 6.72. The van der Waals surface area contributed by atoms with Gasteiger partial charge in [0.15, 0.2) is 0 Å². The highest BCUT2D eigenvalue weighted by molar-refractivity contribution is 7.17. The first-order chi connectivity index (χ1) is 8.16. The number of nitrogens with two attached hydrogens (primary N) is 1. The fraction of sp³-hybridized carbons (Fsp3) is 0.308. The lowest BCUT2D eigenvalue weighted by Gasteiger charge is -2.15. The largest absolute Gasteiger partial charge is 0.388 e. The number of hydrogen-bond donors (Lipinski definition) is 2. The van der Waals surface area contributed by atoms with Gasteiger partial charge < -0.3 is 10.6 Å². The minimum absolute atomic E-state index is 0.257. The summed E-state index contributed by atoms with van der Waals surface area (Å²) in [6.45, 7) is 1.75. The Morgan fingerprint density at radius 1 is 1.41 bits per heavy atom. The zero-order valence-electron chi connectivity index (χ0n) is 9.94. The van der Waals surface area contributed by atoms with E-state index in [1.807, 2.05) is 0 Å². The van der Waals surface area contributed by atoms with Crippen LogP contribution < -0.4 is 5.73 Å². The van der Waals surface area contributed by atoms with Crippen molar-refractivity contribution >= 4 is 27.3 Å². The lowest BCUT2D eigenvalue weighted by Crippen LogP contribution is -2.23. The van der Waals surface area contributed by atoms with Gasteiger partial charge in [-0.25, -0.2) is 0 Å². The van der Waals surface area contributed by atoms with Crippen molar-refractivity contribution in [1.82, 2.24) is 4.90 Å². The fourth-order valence-corrected chi connectivity index (χ4v) is 2.79. The molecule has 0 amide bonds. The minimum Gasteiger partial charge on any atom is -0.388 e. The Hall–Kier alpha value is -1.39. The summed E-state index contributed by atoms with van der Waals surface area (Å²) in [7, 11) is 2.06. The second kappa shape index (κ2) is 5.29. The number of thiophene rings is 1. The van der Waals surface area contributed by atoms with Crippen molar-refractivity contribution in [2.24, 2.45) is 5.73 Å². The number of fused-ring (bicyclic) bond motifs is 1. The number of nitrogens with zero attached hydrogens (tertiary/aromatic N) is 1. The van der Waals surface area contributed by atoms with Crippen molar-refractivity contribution in [3.8, 4) is 0 Å². The first-order valence-corrected chi connectivity index (χ1v) is 6.51. The fourth-order valence-electron chi connectivity index (χ4n) is 1.84. The van der Waals surface area contributed by atoms with E-state index in [4.69, 9.17) is 11.1 Å². The molecule has 2 aromatic rings. The summed E-state index contributed by atoms with van der Waals surface area (Å²) >= 11 is 1.79. The topological polar surface area (TPSA) is 53.1 Å². The average Bonchev–Trinajstić information content (AvgIpc) is 2.70. The van der Waals surface area contributed by atoms with Crippen molar-refractivity contribution in [3.05, 3.63) is 35.2 Å². The van der Waals surface area contributed by atoms with Crippen LogP contribution in [0.4, 0.5) is 0 Å². The summed E-state index contributed by atoms with van der Waals surface area (Å²) in [5.74, 6) is 0.257. The summed E-state index contributed by atoms with van der Waals surface area (Å²) in [5, 5.41) is 10.8. The molecule has 0 bridgehead atoms. The molecular formula is C13H17N3S. The molecule has 90 valence electrons. The Labute approximate surface area is 105 Å². The number of amidine groups is 1. The molecule has 0 aliphatic carbocycles. The van der Waals surface area contributed by atoms with Gasteiger partial charge >= 0.3 is 0 Å². The van der Waals surface area contributed by atoms with Crippen LogP contribution in [0.2, 0.25) is 0 Å².